The number of hydrogen-bond donors (Lipinski definition) is 1. The van der Waals surface area contributed by atoms with Crippen molar-refractivity contribution in [1.82, 2.24) is 9.97 Å². The number of para-hydroxylation sites is 1. The van der Waals surface area contributed by atoms with Crippen molar-refractivity contribution >= 4 is 11.5 Å². The van der Waals surface area contributed by atoms with Gasteiger partial charge in [0.15, 0.2) is 0 Å². The lowest BCUT2D eigenvalue weighted by atomic mass is 10.3. The molecule has 0 atom stereocenters. The Balaban J connectivity index is 2.19. The van der Waals surface area contributed by atoms with Crippen LogP contribution >= 0.6 is 0 Å². The molecule has 1 aromatic heterocycles. The van der Waals surface area contributed by atoms with Crippen molar-refractivity contribution in [3.8, 4) is 0 Å². The molecule has 14 heavy (non-hydrogen) atoms. The molecule has 2 rings (SSSR count). The van der Waals surface area contributed by atoms with Crippen LogP contribution in [0.3, 0.4) is 0 Å². The maximum absolute atomic E-state index is 4.29. The smallest absolute Gasteiger partial charge is 0.149 e. The van der Waals surface area contributed by atoms with Crippen LogP contribution in [-0.2, 0) is 0 Å². The number of nitrogens with one attached hydrogen (secondary N) is 1. The molecule has 0 spiro atoms. The fraction of sp³-hybridized carbons (Fsp3) is 0.0909. The van der Waals surface area contributed by atoms with E-state index in [1.54, 1.807) is 12.4 Å². The largest absolute Gasteiger partial charge is 0.339 e. The Morgan fingerprint density at radius 3 is 2.57 bits per heavy atom. The van der Waals surface area contributed by atoms with Crippen molar-refractivity contribution in [2.45, 2.75) is 6.92 Å². The van der Waals surface area contributed by atoms with Gasteiger partial charge in [0.25, 0.3) is 0 Å². The maximum Gasteiger partial charge on any atom is 0.149 e. The third-order valence-corrected chi connectivity index (χ3v) is 1.80. The molecule has 0 aliphatic carbocycles. The predicted octanol–water partition coefficient (Wildman–Crippen LogP) is 2.53. The molecule has 1 N–H and O–H groups in total. The highest BCUT2D eigenvalue weighted by atomic mass is 15.0. The summed E-state index contributed by atoms with van der Waals surface area (Å²) in [6.07, 6.45) is 3.44. The molecule has 0 unspecified atom stereocenters. The quantitative estimate of drug-likeness (QED) is 0.781. The molecule has 0 saturated heterocycles. The van der Waals surface area contributed by atoms with Crippen molar-refractivity contribution in [3.05, 3.63) is 48.4 Å². The zero-order valence-electron chi connectivity index (χ0n) is 7.94. The minimum absolute atomic E-state index is 0.774. The van der Waals surface area contributed by atoms with Crippen LogP contribution in [-0.4, -0.2) is 9.97 Å². The number of anilines is 2. The van der Waals surface area contributed by atoms with Gasteiger partial charge in [-0.1, -0.05) is 18.2 Å². The molecule has 1 aromatic carbocycles. The van der Waals surface area contributed by atoms with Gasteiger partial charge >= 0.3 is 0 Å². The Morgan fingerprint density at radius 2 is 1.86 bits per heavy atom. The van der Waals surface area contributed by atoms with E-state index >= 15 is 0 Å². The SMILES string of the molecule is Cc1cncc(Nc2ccccc2)n1. The Morgan fingerprint density at radius 1 is 1.07 bits per heavy atom. The third-order valence-electron chi connectivity index (χ3n) is 1.80. The summed E-state index contributed by atoms with van der Waals surface area (Å²) in [5.74, 6) is 0.774. The molecule has 1 heterocycles. The second-order valence-electron chi connectivity index (χ2n) is 3.04. The van der Waals surface area contributed by atoms with E-state index in [4.69, 9.17) is 0 Å². The highest BCUT2D eigenvalue weighted by Crippen LogP contribution is 2.12. The normalized spacial score (nSPS) is 9.79. The van der Waals surface area contributed by atoms with Crippen LogP contribution in [0.15, 0.2) is 42.7 Å². The van der Waals surface area contributed by atoms with E-state index in [2.05, 4.69) is 15.3 Å². The standard InChI is InChI=1S/C11H11N3/c1-9-7-12-8-11(13-9)14-10-5-3-2-4-6-10/h2-8H,1H3,(H,13,14). The highest BCUT2D eigenvalue weighted by Gasteiger charge is 1.94. The summed E-state index contributed by atoms with van der Waals surface area (Å²) < 4.78 is 0. The van der Waals surface area contributed by atoms with Crippen LogP contribution in [0.25, 0.3) is 0 Å². The van der Waals surface area contributed by atoms with Gasteiger partial charge in [0, 0.05) is 11.9 Å². The van der Waals surface area contributed by atoms with Crippen LogP contribution in [0.4, 0.5) is 11.5 Å². The molecular weight excluding hydrogens is 174 g/mol. The van der Waals surface area contributed by atoms with Crippen molar-refractivity contribution in [1.29, 1.82) is 0 Å². The van der Waals surface area contributed by atoms with E-state index < -0.39 is 0 Å². The number of aryl methyl sites for hydroxylation is 1. The molecule has 0 saturated carbocycles. The molecule has 0 fully saturated rings. The lowest BCUT2D eigenvalue weighted by Crippen LogP contribution is -1.95. The Labute approximate surface area is 82.8 Å². The molecule has 0 aliphatic rings. The Kier molecular flexibility index (Phi) is 2.40. The highest BCUT2D eigenvalue weighted by molar-refractivity contribution is 5.54. The fourth-order valence-electron chi connectivity index (χ4n) is 1.19. The van der Waals surface area contributed by atoms with E-state index in [-0.39, 0.29) is 0 Å². The maximum atomic E-state index is 4.29. The molecule has 3 nitrogen and oxygen atoms in total. The van der Waals surface area contributed by atoms with Crippen LogP contribution in [0, 0.1) is 6.92 Å². The third kappa shape index (κ3) is 2.07. The average molecular weight is 185 g/mol. The first kappa shape index (κ1) is 8.69. The number of hydrogen-bond acceptors (Lipinski definition) is 3. The summed E-state index contributed by atoms with van der Waals surface area (Å²) in [5, 5.41) is 3.17. The van der Waals surface area contributed by atoms with E-state index in [0.29, 0.717) is 0 Å². The average Bonchev–Trinajstić information content (AvgIpc) is 2.19. The predicted molar refractivity (Wildman–Crippen MR) is 56.5 cm³/mol. The first-order valence-corrected chi connectivity index (χ1v) is 4.45. The van der Waals surface area contributed by atoms with Gasteiger partial charge in [0.05, 0.1) is 11.9 Å². The lowest BCUT2D eigenvalue weighted by Gasteiger charge is -2.04. The molecule has 0 radical (unpaired) electrons. The van der Waals surface area contributed by atoms with Gasteiger partial charge in [0.1, 0.15) is 5.82 Å². The van der Waals surface area contributed by atoms with Crippen LogP contribution in [0.5, 0.6) is 0 Å². The molecule has 0 aliphatic heterocycles. The second-order valence-corrected chi connectivity index (χ2v) is 3.04. The Hall–Kier alpha value is -1.90. The van der Waals surface area contributed by atoms with Gasteiger partial charge in [-0.05, 0) is 19.1 Å². The molecule has 0 bridgehead atoms. The minimum Gasteiger partial charge on any atom is -0.339 e. The van der Waals surface area contributed by atoms with Crippen molar-refractivity contribution in [2.24, 2.45) is 0 Å². The molecule has 70 valence electrons. The van der Waals surface area contributed by atoms with Crippen molar-refractivity contribution in [3.63, 3.8) is 0 Å². The van der Waals surface area contributed by atoms with Gasteiger partial charge in [-0.2, -0.15) is 0 Å². The van der Waals surface area contributed by atoms with Crippen LogP contribution in [0.2, 0.25) is 0 Å². The van der Waals surface area contributed by atoms with Gasteiger partial charge in [-0.3, -0.25) is 4.98 Å². The molecule has 0 amide bonds. The van der Waals surface area contributed by atoms with Crippen molar-refractivity contribution < 1.29 is 0 Å². The number of benzene rings is 1. The van der Waals surface area contributed by atoms with Crippen molar-refractivity contribution in [2.75, 3.05) is 5.32 Å². The van der Waals surface area contributed by atoms with Gasteiger partial charge in [-0.15, -0.1) is 0 Å². The summed E-state index contributed by atoms with van der Waals surface area (Å²) in [6.45, 7) is 1.92. The van der Waals surface area contributed by atoms with Gasteiger partial charge in [-0.25, -0.2) is 4.98 Å². The molecular formula is C11H11N3. The van der Waals surface area contributed by atoms with Crippen LogP contribution < -0.4 is 5.32 Å². The zero-order valence-corrected chi connectivity index (χ0v) is 7.94. The first-order valence-electron chi connectivity index (χ1n) is 4.45. The summed E-state index contributed by atoms with van der Waals surface area (Å²) in [4.78, 5) is 8.35. The Bertz CT molecular complexity index is 412. The summed E-state index contributed by atoms with van der Waals surface area (Å²) >= 11 is 0. The van der Waals surface area contributed by atoms with E-state index in [0.717, 1.165) is 17.2 Å². The zero-order chi connectivity index (χ0) is 9.80. The number of nitrogens with zero attached hydrogens (tertiary/aromatic N) is 2. The van der Waals surface area contributed by atoms with Crippen LogP contribution in [0.1, 0.15) is 5.69 Å². The van der Waals surface area contributed by atoms with Gasteiger partial charge < -0.3 is 5.32 Å². The summed E-state index contributed by atoms with van der Waals surface area (Å²) in [5.41, 5.74) is 1.93. The molecule has 3 heteroatoms. The monoisotopic (exact) mass is 185 g/mol. The summed E-state index contributed by atoms with van der Waals surface area (Å²) in [7, 11) is 0. The van der Waals surface area contributed by atoms with E-state index in [1.807, 2.05) is 37.3 Å². The molecule has 2 aromatic rings. The topological polar surface area (TPSA) is 37.8 Å². The minimum atomic E-state index is 0.774. The fourth-order valence-corrected chi connectivity index (χ4v) is 1.19. The number of rotatable bonds is 2. The van der Waals surface area contributed by atoms with E-state index in [1.165, 1.54) is 0 Å². The van der Waals surface area contributed by atoms with Gasteiger partial charge in [0.2, 0.25) is 0 Å². The summed E-state index contributed by atoms with van der Waals surface area (Å²) in [6, 6.07) is 9.91. The van der Waals surface area contributed by atoms with E-state index in [9.17, 15) is 0 Å². The lowest BCUT2D eigenvalue weighted by molar-refractivity contribution is 1.12. The second kappa shape index (κ2) is 3.87. The number of aromatic nitrogens is 2. The first-order chi connectivity index (χ1) is 6.84.